The fourth-order valence-electron chi connectivity index (χ4n) is 1.93. The second-order valence-electron chi connectivity index (χ2n) is 4.63. The van der Waals surface area contributed by atoms with Crippen LogP contribution in [-0.4, -0.2) is 22.9 Å². The number of benzene rings is 2. The molecule has 6 heteroatoms. The molecule has 0 aliphatic heterocycles. The van der Waals surface area contributed by atoms with Crippen molar-refractivity contribution in [2.24, 2.45) is 0 Å². The van der Waals surface area contributed by atoms with Gasteiger partial charge in [0, 0.05) is 12.0 Å². The highest BCUT2D eigenvalue weighted by molar-refractivity contribution is 6.43. The number of carbonyl (C=O) groups excluding carboxylic acids is 1. The summed E-state index contributed by atoms with van der Waals surface area (Å²) in [5.74, 6) is -1.40. The summed E-state index contributed by atoms with van der Waals surface area (Å²) in [4.78, 5) is 23.5. The highest BCUT2D eigenvalue weighted by Gasteiger charge is 2.23. The van der Waals surface area contributed by atoms with Gasteiger partial charge in [-0.05, 0) is 12.1 Å². The van der Waals surface area contributed by atoms with Crippen LogP contribution in [0.1, 0.15) is 16.8 Å². The van der Waals surface area contributed by atoms with E-state index in [1.807, 2.05) is 0 Å². The van der Waals surface area contributed by atoms with E-state index in [1.54, 1.807) is 48.5 Å². The first-order chi connectivity index (χ1) is 10.5. The summed E-state index contributed by atoms with van der Waals surface area (Å²) in [7, 11) is 0. The van der Waals surface area contributed by atoms with Crippen LogP contribution >= 0.6 is 23.2 Å². The summed E-state index contributed by atoms with van der Waals surface area (Å²) in [6, 6.07) is 12.3. The number of carbonyl (C=O) groups is 2. The minimum atomic E-state index is -1.14. The van der Waals surface area contributed by atoms with Gasteiger partial charge >= 0.3 is 5.97 Å². The fraction of sp³-hybridized carbons (Fsp3) is 0.125. The van der Waals surface area contributed by atoms with Crippen LogP contribution < -0.4 is 5.32 Å². The molecule has 0 amide bonds. The van der Waals surface area contributed by atoms with Gasteiger partial charge in [0.15, 0.2) is 5.78 Å². The molecular formula is C16H13Cl2NO3. The molecule has 0 heterocycles. The van der Waals surface area contributed by atoms with Crippen LogP contribution in [0.15, 0.2) is 48.5 Å². The third-order valence-electron chi connectivity index (χ3n) is 3.06. The molecule has 22 heavy (non-hydrogen) atoms. The quantitative estimate of drug-likeness (QED) is 0.777. The number of aliphatic carboxylic acids is 1. The normalized spacial score (nSPS) is 11.7. The van der Waals surface area contributed by atoms with Gasteiger partial charge in [0.05, 0.1) is 15.7 Å². The maximum atomic E-state index is 12.1. The molecular weight excluding hydrogens is 325 g/mol. The van der Waals surface area contributed by atoms with Crippen LogP contribution in [-0.2, 0) is 4.79 Å². The molecule has 2 aromatic rings. The lowest BCUT2D eigenvalue weighted by molar-refractivity contribution is -0.137. The summed E-state index contributed by atoms with van der Waals surface area (Å²) in [5.41, 5.74) is 0.843. The highest BCUT2D eigenvalue weighted by Crippen LogP contribution is 2.30. The molecule has 2 rings (SSSR count). The summed E-state index contributed by atoms with van der Waals surface area (Å²) in [6.45, 7) is 0. The van der Waals surface area contributed by atoms with E-state index in [-0.39, 0.29) is 17.2 Å². The SMILES string of the molecule is O=C(C[C@@H](Nc1cccc(Cl)c1Cl)C(=O)O)c1ccccc1. The van der Waals surface area contributed by atoms with Crippen molar-refractivity contribution in [3.05, 3.63) is 64.1 Å². The predicted octanol–water partition coefficient (Wildman–Crippen LogP) is 4.13. The van der Waals surface area contributed by atoms with Crippen molar-refractivity contribution < 1.29 is 14.7 Å². The van der Waals surface area contributed by atoms with Crippen molar-refractivity contribution >= 4 is 40.6 Å². The number of hydrogen-bond acceptors (Lipinski definition) is 3. The zero-order valence-electron chi connectivity index (χ0n) is 11.4. The molecule has 2 aromatic carbocycles. The van der Waals surface area contributed by atoms with Crippen molar-refractivity contribution in [1.82, 2.24) is 0 Å². The number of anilines is 1. The summed E-state index contributed by atoms with van der Waals surface area (Å²) in [5, 5.41) is 12.6. The Morgan fingerprint density at radius 3 is 2.36 bits per heavy atom. The first-order valence-corrected chi connectivity index (χ1v) is 7.26. The molecule has 0 spiro atoms. The first-order valence-electron chi connectivity index (χ1n) is 6.50. The van der Waals surface area contributed by atoms with Gasteiger partial charge in [0.2, 0.25) is 0 Å². The third kappa shape index (κ3) is 4.00. The van der Waals surface area contributed by atoms with Crippen LogP contribution in [0.5, 0.6) is 0 Å². The number of hydrogen-bond donors (Lipinski definition) is 2. The first kappa shape index (κ1) is 16.3. The molecule has 0 radical (unpaired) electrons. The Kier molecular flexibility index (Phi) is 5.41. The zero-order chi connectivity index (χ0) is 16.1. The maximum Gasteiger partial charge on any atom is 0.326 e. The number of rotatable bonds is 6. The summed E-state index contributed by atoms with van der Waals surface area (Å²) in [6.07, 6.45) is -0.192. The summed E-state index contributed by atoms with van der Waals surface area (Å²) < 4.78 is 0. The van der Waals surface area contributed by atoms with E-state index in [9.17, 15) is 14.7 Å². The minimum Gasteiger partial charge on any atom is -0.480 e. The number of Topliss-reactive ketones (excluding diaryl/α,β-unsaturated/α-hetero) is 1. The van der Waals surface area contributed by atoms with Crippen molar-refractivity contribution in [1.29, 1.82) is 0 Å². The second-order valence-corrected chi connectivity index (χ2v) is 5.42. The maximum absolute atomic E-state index is 12.1. The minimum absolute atomic E-state index is 0.192. The van der Waals surface area contributed by atoms with Crippen molar-refractivity contribution in [2.45, 2.75) is 12.5 Å². The standard InChI is InChI=1S/C16H13Cl2NO3/c17-11-7-4-8-12(15(11)18)19-13(16(21)22)9-14(20)10-5-2-1-3-6-10/h1-8,13,19H,9H2,(H,21,22)/t13-/m1/s1. The Hall–Kier alpha value is -2.04. The van der Waals surface area contributed by atoms with E-state index in [0.717, 1.165) is 0 Å². The van der Waals surface area contributed by atoms with E-state index in [1.165, 1.54) is 0 Å². The molecule has 0 saturated heterocycles. The van der Waals surface area contributed by atoms with Gasteiger partial charge in [0.25, 0.3) is 0 Å². The lowest BCUT2D eigenvalue weighted by atomic mass is 10.0. The van der Waals surface area contributed by atoms with Crippen LogP contribution in [0, 0.1) is 0 Å². The van der Waals surface area contributed by atoms with E-state index in [2.05, 4.69) is 5.32 Å². The van der Waals surface area contributed by atoms with Crippen LogP contribution in [0.3, 0.4) is 0 Å². The zero-order valence-corrected chi connectivity index (χ0v) is 12.9. The molecule has 1 atom stereocenters. The van der Waals surface area contributed by atoms with Gasteiger partial charge in [-0.3, -0.25) is 4.79 Å². The fourth-order valence-corrected chi connectivity index (χ4v) is 2.29. The summed E-state index contributed by atoms with van der Waals surface area (Å²) >= 11 is 11.9. The van der Waals surface area contributed by atoms with Crippen molar-refractivity contribution in [3.8, 4) is 0 Å². The molecule has 0 aromatic heterocycles. The van der Waals surface area contributed by atoms with Gasteiger partial charge in [-0.15, -0.1) is 0 Å². The molecule has 0 aliphatic carbocycles. The molecule has 0 saturated carbocycles. The predicted molar refractivity (Wildman–Crippen MR) is 86.9 cm³/mol. The topological polar surface area (TPSA) is 66.4 Å². The lowest BCUT2D eigenvalue weighted by Gasteiger charge is -2.16. The van der Waals surface area contributed by atoms with Gasteiger partial charge in [-0.1, -0.05) is 59.6 Å². The van der Waals surface area contributed by atoms with Crippen molar-refractivity contribution in [3.63, 3.8) is 0 Å². The van der Waals surface area contributed by atoms with Gasteiger partial charge < -0.3 is 10.4 Å². The highest BCUT2D eigenvalue weighted by atomic mass is 35.5. The Balaban J connectivity index is 2.16. The van der Waals surface area contributed by atoms with E-state index < -0.39 is 12.0 Å². The Morgan fingerprint density at radius 2 is 1.73 bits per heavy atom. The van der Waals surface area contributed by atoms with Gasteiger partial charge in [-0.25, -0.2) is 4.79 Å². The number of ketones is 1. The average Bonchev–Trinajstić information content (AvgIpc) is 2.51. The van der Waals surface area contributed by atoms with E-state index in [4.69, 9.17) is 23.2 Å². The molecule has 114 valence electrons. The smallest absolute Gasteiger partial charge is 0.326 e. The molecule has 2 N–H and O–H groups in total. The monoisotopic (exact) mass is 337 g/mol. The Morgan fingerprint density at radius 1 is 1.05 bits per heavy atom. The van der Waals surface area contributed by atoms with Crippen molar-refractivity contribution in [2.75, 3.05) is 5.32 Å². The van der Waals surface area contributed by atoms with Gasteiger partial charge in [0.1, 0.15) is 6.04 Å². The molecule has 0 unspecified atom stereocenters. The van der Waals surface area contributed by atoms with Crippen LogP contribution in [0.4, 0.5) is 5.69 Å². The molecule has 0 bridgehead atoms. The largest absolute Gasteiger partial charge is 0.480 e. The van der Waals surface area contributed by atoms with Crippen LogP contribution in [0.2, 0.25) is 10.0 Å². The average molecular weight is 338 g/mol. The van der Waals surface area contributed by atoms with Crippen LogP contribution in [0.25, 0.3) is 0 Å². The Bertz CT molecular complexity index is 689. The number of carboxylic acids is 1. The molecule has 4 nitrogen and oxygen atoms in total. The number of carboxylic acid groups (broad SMARTS) is 1. The molecule has 0 aliphatic rings. The van der Waals surface area contributed by atoms with E-state index >= 15 is 0 Å². The number of nitrogens with one attached hydrogen (secondary N) is 1. The van der Waals surface area contributed by atoms with Gasteiger partial charge in [-0.2, -0.15) is 0 Å². The Labute approximate surface area is 137 Å². The van der Waals surface area contributed by atoms with E-state index in [0.29, 0.717) is 16.3 Å². The molecule has 0 fully saturated rings. The third-order valence-corrected chi connectivity index (χ3v) is 3.88. The number of halogens is 2. The second kappa shape index (κ2) is 7.29. The lowest BCUT2D eigenvalue weighted by Crippen LogP contribution is -2.32.